The Morgan fingerprint density at radius 1 is 1.50 bits per heavy atom. The van der Waals surface area contributed by atoms with E-state index in [4.69, 9.17) is 16.3 Å². The van der Waals surface area contributed by atoms with Crippen molar-refractivity contribution in [3.63, 3.8) is 0 Å². The Balaban J connectivity index is 3.09. The third-order valence-electron chi connectivity index (χ3n) is 4.06. The van der Waals surface area contributed by atoms with Gasteiger partial charge in [-0.1, -0.05) is 36.9 Å². The molecule has 1 rings (SSSR count). The fraction of sp³-hybridized carbons (Fsp3) is 0.471. The van der Waals surface area contributed by atoms with Gasteiger partial charge in [0.2, 0.25) is 0 Å². The van der Waals surface area contributed by atoms with E-state index in [1.54, 1.807) is 0 Å². The normalized spacial score (nSPS) is 21.7. The summed E-state index contributed by atoms with van der Waals surface area (Å²) in [5, 5.41) is 0.551. The number of rotatable bonds is 8. The first-order valence-electron chi connectivity index (χ1n) is 6.89. The molecule has 0 spiro atoms. The van der Waals surface area contributed by atoms with E-state index in [0.717, 1.165) is 43.3 Å². The predicted octanol–water partition coefficient (Wildman–Crippen LogP) is 4.92. The highest BCUT2D eigenvalue weighted by Gasteiger charge is 2.41. The van der Waals surface area contributed by atoms with Gasteiger partial charge in [0.15, 0.2) is 0 Å². The maximum atomic E-state index is 11.8. The summed E-state index contributed by atoms with van der Waals surface area (Å²) in [6.45, 7) is 11.5. The molecule has 1 aliphatic carbocycles. The molecule has 0 saturated carbocycles. The minimum Gasteiger partial charge on any atom is -0.469 e. The molecule has 0 saturated heterocycles. The lowest BCUT2D eigenvalue weighted by atomic mass is 9.73. The number of methoxy groups -OCH3 is 1. The van der Waals surface area contributed by atoms with Gasteiger partial charge in [0.05, 0.1) is 13.5 Å². The predicted molar refractivity (Wildman–Crippen MR) is 84.6 cm³/mol. The van der Waals surface area contributed by atoms with Crippen molar-refractivity contribution in [1.29, 1.82) is 0 Å². The molecule has 3 heteroatoms. The second-order valence-corrected chi connectivity index (χ2v) is 5.67. The minimum atomic E-state index is -0.217. The number of carbonyl (C=O) groups excluding carboxylic acids is 1. The molecule has 1 atom stereocenters. The summed E-state index contributed by atoms with van der Waals surface area (Å²) in [5.74, 6) is -0.190. The Bertz CT molecular complexity index is 448. The van der Waals surface area contributed by atoms with Gasteiger partial charge in [0, 0.05) is 10.4 Å². The summed E-state index contributed by atoms with van der Waals surface area (Å²) in [5.41, 5.74) is 1.88. The van der Waals surface area contributed by atoms with E-state index in [2.05, 4.69) is 19.7 Å². The van der Waals surface area contributed by atoms with Gasteiger partial charge in [-0.25, -0.2) is 0 Å². The van der Waals surface area contributed by atoms with Crippen molar-refractivity contribution in [3.8, 4) is 0 Å². The van der Waals surface area contributed by atoms with Crippen molar-refractivity contribution >= 4 is 17.6 Å². The lowest BCUT2D eigenvalue weighted by molar-refractivity contribution is -0.142. The fourth-order valence-corrected chi connectivity index (χ4v) is 3.24. The average Bonchev–Trinajstić information content (AvgIpc) is 2.77. The van der Waals surface area contributed by atoms with Crippen LogP contribution < -0.4 is 0 Å². The van der Waals surface area contributed by atoms with Crippen molar-refractivity contribution in [2.45, 2.75) is 38.5 Å². The minimum absolute atomic E-state index is 0.190. The number of unbranched alkanes of at least 4 members (excludes halogenated alkanes) is 1. The molecule has 110 valence electrons. The molecule has 0 fully saturated rings. The highest BCUT2D eigenvalue weighted by molar-refractivity contribution is 6.31. The number of hydrogen-bond donors (Lipinski definition) is 0. The molecule has 2 nitrogen and oxygen atoms in total. The standard InChI is InChI=1S/C17H23ClO2/c1-5-7-8-10-17(12-16(19)20-4)11-9-14(13(3)18)15(17)6-2/h5-6H,1-3,7-12H2,4H3. The van der Waals surface area contributed by atoms with Gasteiger partial charge >= 0.3 is 5.97 Å². The lowest BCUT2D eigenvalue weighted by Gasteiger charge is -2.30. The Morgan fingerprint density at radius 3 is 2.70 bits per heavy atom. The molecule has 1 unspecified atom stereocenters. The van der Waals surface area contributed by atoms with E-state index < -0.39 is 0 Å². The quantitative estimate of drug-likeness (QED) is 0.361. The van der Waals surface area contributed by atoms with Crippen LogP contribution in [0.15, 0.2) is 48.1 Å². The largest absolute Gasteiger partial charge is 0.469 e. The summed E-state index contributed by atoms with van der Waals surface area (Å²) < 4.78 is 4.86. The SMILES string of the molecule is C=CCCCC1(CC(=O)OC)CCC(C(=C)Cl)=C1C=C. The van der Waals surface area contributed by atoms with E-state index >= 15 is 0 Å². The molecule has 0 amide bonds. The zero-order valence-electron chi connectivity index (χ0n) is 12.2. The van der Waals surface area contributed by atoms with Gasteiger partial charge in [0.1, 0.15) is 0 Å². The Kier molecular flexibility index (Phi) is 6.28. The lowest BCUT2D eigenvalue weighted by Crippen LogP contribution is -2.24. The zero-order chi connectivity index (χ0) is 15.2. The summed E-state index contributed by atoms with van der Waals surface area (Å²) in [4.78, 5) is 11.8. The van der Waals surface area contributed by atoms with Crippen LogP contribution >= 0.6 is 11.6 Å². The van der Waals surface area contributed by atoms with Crippen LogP contribution in [0.3, 0.4) is 0 Å². The smallest absolute Gasteiger partial charge is 0.306 e. The van der Waals surface area contributed by atoms with Gasteiger partial charge in [-0.2, -0.15) is 0 Å². The molecule has 20 heavy (non-hydrogen) atoms. The second-order valence-electron chi connectivity index (χ2n) is 5.22. The number of allylic oxidation sites excluding steroid dienone is 5. The molecule has 0 aromatic rings. The monoisotopic (exact) mass is 294 g/mol. The third kappa shape index (κ3) is 3.63. The van der Waals surface area contributed by atoms with Crippen LogP contribution in [0.1, 0.15) is 38.5 Å². The molecular weight excluding hydrogens is 272 g/mol. The van der Waals surface area contributed by atoms with E-state index in [1.165, 1.54) is 7.11 Å². The molecule has 0 aromatic heterocycles. The fourth-order valence-electron chi connectivity index (χ4n) is 3.04. The molecule has 0 radical (unpaired) electrons. The van der Waals surface area contributed by atoms with Crippen LogP contribution in [0.2, 0.25) is 0 Å². The van der Waals surface area contributed by atoms with Crippen LogP contribution in [0.5, 0.6) is 0 Å². The van der Waals surface area contributed by atoms with Gasteiger partial charge in [-0.15, -0.1) is 6.58 Å². The maximum absolute atomic E-state index is 11.8. The molecule has 0 heterocycles. The van der Waals surface area contributed by atoms with Crippen LogP contribution in [0.25, 0.3) is 0 Å². The molecular formula is C17H23ClO2. The number of ether oxygens (including phenoxy) is 1. The van der Waals surface area contributed by atoms with Crippen LogP contribution in [-0.2, 0) is 9.53 Å². The number of carbonyl (C=O) groups is 1. The second kappa shape index (κ2) is 7.49. The summed E-state index contributed by atoms with van der Waals surface area (Å²) in [6, 6.07) is 0. The van der Waals surface area contributed by atoms with Gasteiger partial charge in [0.25, 0.3) is 0 Å². The van der Waals surface area contributed by atoms with E-state index in [-0.39, 0.29) is 11.4 Å². The molecule has 0 bridgehead atoms. The van der Waals surface area contributed by atoms with Gasteiger partial charge in [-0.3, -0.25) is 4.79 Å². The van der Waals surface area contributed by atoms with Crippen LogP contribution in [0.4, 0.5) is 0 Å². The first-order chi connectivity index (χ1) is 9.50. The van der Waals surface area contributed by atoms with Crippen molar-refractivity contribution in [2.24, 2.45) is 5.41 Å². The Labute approximate surface area is 126 Å². The Morgan fingerprint density at radius 2 is 2.20 bits per heavy atom. The molecule has 0 aliphatic heterocycles. The number of halogens is 1. The highest BCUT2D eigenvalue weighted by atomic mass is 35.5. The number of hydrogen-bond acceptors (Lipinski definition) is 2. The van der Waals surface area contributed by atoms with Crippen molar-refractivity contribution < 1.29 is 9.53 Å². The van der Waals surface area contributed by atoms with Gasteiger partial charge in [-0.05, 0) is 43.3 Å². The molecule has 1 aliphatic rings. The highest BCUT2D eigenvalue weighted by Crippen LogP contribution is 2.51. The van der Waals surface area contributed by atoms with Crippen molar-refractivity contribution in [2.75, 3.05) is 7.11 Å². The van der Waals surface area contributed by atoms with Crippen LogP contribution in [-0.4, -0.2) is 13.1 Å². The van der Waals surface area contributed by atoms with Crippen LogP contribution in [0, 0.1) is 5.41 Å². The molecule has 0 N–H and O–H groups in total. The van der Waals surface area contributed by atoms with Crippen molar-refractivity contribution in [1.82, 2.24) is 0 Å². The zero-order valence-corrected chi connectivity index (χ0v) is 13.0. The Hall–Kier alpha value is -1.28. The van der Waals surface area contributed by atoms with E-state index in [1.807, 2.05) is 12.2 Å². The van der Waals surface area contributed by atoms with Crippen molar-refractivity contribution in [3.05, 3.63) is 48.1 Å². The van der Waals surface area contributed by atoms with E-state index in [0.29, 0.717) is 11.5 Å². The number of esters is 1. The first-order valence-corrected chi connectivity index (χ1v) is 7.27. The summed E-state index contributed by atoms with van der Waals surface area (Å²) in [7, 11) is 1.42. The topological polar surface area (TPSA) is 26.3 Å². The maximum Gasteiger partial charge on any atom is 0.306 e. The third-order valence-corrected chi connectivity index (χ3v) is 4.28. The van der Waals surface area contributed by atoms with E-state index in [9.17, 15) is 4.79 Å². The molecule has 0 aromatic carbocycles. The van der Waals surface area contributed by atoms with Gasteiger partial charge < -0.3 is 4.74 Å². The summed E-state index contributed by atoms with van der Waals surface area (Å²) >= 11 is 6.08. The average molecular weight is 295 g/mol. The first kappa shape index (κ1) is 16.8. The summed E-state index contributed by atoms with van der Waals surface area (Å²) in [6.07, 6.45) is 8.66.